The van der Waals surface area contributed by atoms with Crippen LogP contribution >= 0.6 is 0 Å². The lowest BCUT2D eigenvalue weighted by atomic mass is 10.4. The monoisotopic (exact) mass is 326 g/mol. The fourth-order valence-electron chi connectivity index (χ4n) is 1.37. The molecule has 0 aromatic rings. The summed E-state index contributed by atoms with van der Waals surface area (Å²) < 4.78 is 42.8. The summed E-state index contributed by atoms with van der Waals surface area (Å²) in [6, 6.07) is 0. The summed E-state index contributed by atoms with van der Waals surface area (Å²) in [5.41, 5.74) is 0. The Balaban J connectivity index is 3.39. The second-order valence-electron chi connectivity index (χ2n) is 4.69. The third kappa shape index (κ3) is 16.0. The molecule has 128 valence electrons. The molecule has 0 atom stereocenters. The topological polar surface area (TPSA) is 71.1 Å². The maximum atomic E-state index is 11.4. The normalized spacial score (nSPS) is 11.9. The molecule has 0 aliphatic carbocycles. The zero-order chi connectivity index (χ0) is 15.8. The lowest BCUT2D eigenvalue weighted by Crippen LogP contribution is -2.14. The van der Waals surface area contributed by atoms with Crippen LogP contribution < -0.4 is 0 Å². The van der Waals surface area contributed by atoms with Crippen LogP contribution in [0.15, 0.2) is 0 Å². The molecule has 0 aromatic carbocycles. The lowest BCUT2D eigenvalue weighted by Gasteiger charge is -2.07. The van der Waals surface area contributed by atoms with Gasteiger partial charge in [0.1, 0.15) is 0 Å². The van der Waals surface area contributed by atoms with Crippen molar-refractivity contribution in [3.8, 4) is 0 Å². The highest BCUT2D eigenvalue weighted by molar-refractivity contribution is 7.81. The molecule has 0 rings (SSSR count). The van der Waals surface area contributed by atoms with Crippen LogP contribution in [-0.4, -0.2) is 48.1 Å². The molecular formula is C14H30O6S. The standard InChI is InChI=1S/C14H30O6S/c1-3-5-9-17-11-7-13-19-21(15,16)20-14-8-12-18-10-6-4-2/h3-14H2,1-2H3. The summed E-state index contributed by atoms with van der Waals surface area (Å²) in [7, 11) is -3.89. The van der Waals surface area contributed by atoms with Gasteiger partial charge in [0.05, 0.1) is 13.2 Å². The van der Waals surface area contributed by atoms with E-state index in [1.807, 2.05) is 0 Å². The number of hydrogen-bond donors (Lipinski definition) is 0. The molecule has 0 N–H and O–H groups in total. The predicted molar refractivity (Wildman–Crippen MR) is 81.5 cm³/mol. The molecule has 0 saturated carbocycles. The Morgan fingerprint density at radius 3 is 1.38 bits per heavy atom. The molecule has 0 saturated heterocycles. The smallest absolute Gasteiger partial charge is 0.381 e. The Hall–Kier alpha value is -0.210. The molecule has 6 nitrogen and oxygen atoms in total. The van der Waals surface area contributed by atoms with E-state index in [4.69, 9.17) is 17.8 Å². The van der Waals surface area contributed by atoms with Crippen LogP contribution in [0.2, 0.25) is 0 Å². The van der Waals surface area contributed by atoms with E-state index in [1.54, 1.807) is 0 Å². The average Bonchev–Trinajstić information content (AvgIpc) is 2.45. The highest BCUT2D eigenvalue weighted by Gasteiger charge is 2.11. The van der Waals surface area contributed by atoms with E-state index in [0.29, 0.717) is 39.3 Å². The predicted octanol–water partition coefficient (Wildman–Crippen LogP) is 2.68. The van der Waals surface area contributed by atoms with Gasteiger partial charge >= 0.3 is 10.4 Å². The van der Waals surface area contributed by atoms with Gasteiger partial charge in [0.25, 0.3) is 0 Å². The minimum absolute atomic E-state index is 0.0848. The second-order valence-corrected chi connectivity index (χ2v) is 5.98. The zero-order valence-electron chi connectivity index (χ0n) is 13.3. The molecule has 0 spiro atoms. The summed E-state index contributed by atoms with van der Waals surface area (Å²) >= 11 is 0. The minimum atomic E-state index is -3.89. The fourth-order valence-corrected chi connectivity index (χ4v) is 2.09. The van der Waals surface area contributed by atoms with E-state index >= 15 is 0 Å². The van der Waals surface area contributed by atoms with Gasteiger partial charge in [-0.25, -0.2) is 8.37 Å². The largest absolute Gasteiger partial charge is 0.399 e. The molecule has 0 amide bonds. The van der Waals surface area contributed by atoms with Crippen LogP contribution in [0.5, 0.6) is 0 Å². The maximum Gasteiger partial charge on any atom is 0.399 e. The average molecular weight is 326 g/mol. The Kier molecular flexibility index (Phi) is 14.6. The SMILES string of the molecule is CCCCOCCCOS(=O)(=O)OCCCOCCCC. The highest BCUT2D eigenvalue weighted by Crippen LogP contribution is 2.00. The van der Waals surface area contributed by atoms with E-state index in [1.165, 1.54) is 0 Å². The first-order chi connectivity index (χ1) is 10.1. The van der Waals surface area contributed by atoms with Crippen LogP contribution in [0.3, 0.4) is 0 Å². The Bertz CT molecular complexity index is 281. The third-order valence-corrected chi connectivity index (χ3v) is 3.52. The zero-order valence-corrected chi connectivity index (χ0v) is 14.2. The first-order valence-corrected chi connectivity index (χ1v) is 9.15. The van der Waals surface area contributed by atoms with Gasteiger partial charge in [0.2, 0.25) is 0 Å². The van der Waals surface area contributed by atoms with E-state index in [2.05, 4.69) is 13.8 Å². The second kappa shape index (κ2) is 14.7. The van der Waals surface area contributed by atoms with E-state index in [9.17, 15) is 8.42 Å². The molecule has 0 aliphatic rings. The van der Waals surface area contributed by atoms with Crippen molar-refractivity contribution >= 4 is 10.4 Å². The van der Waals surface area contributed by atoms with Gasteiger partial charge in [0.15, 0.2) is 0 Å². The molecule has 0 bridgehead atoms. The molecule has 0 unspecified atom stereocenters. The van der Waals surface area contributed by atoms with Gasteiger partial charge in [-0.2, -0.15) is 8.42 Å². The quantitative estimate of drug-likeness (QED) is 0.406. The summed E-state index contributed by atoms with van der Waals surface area (Å²) in [6.07, 6.45) is 5.27. The molecule has 0 aromatic heterocycles. The van der Waals surface area contributed by atoms with E-state index in [0.717, 1.165) is 25.7 Å². The van der Waals surface area contributed by atoms with Gasteiger partial charge in [-0.3, -0.25) is 0 Å². The third-order valence-electron chi connectivity index (χ3n) is 2.61. The summed E-state index contributed by atoms with van der Waals surface area (Å²) in [5, 5.41) is 0. The van der Waals surface area contributed by atoms with E-state index in [-0.39, 0.29) is 13.2 Å². The summed E-state index contributed by atoms with van der Waals surface area (Å²) in [6.45, 7) is 6.76. The van der Waals surface area contributed by atoms with Crippen molar-refractivity contribution in [2.24, 2.45) is 0 Å². The van der Waals surface area contributed by atoms with Crippen LogP contribution in [-0.2, 0) is 28.2 Å². The molecule has 0 fully saturated rings. The summed E-state index contributed by atoms with van der Waals surface area (Å²) in [4.78, 5) is 0. The molecule has 0 radical (unpaired) electrons. The highest BCUT2D eigenvalue weighted by atomic mass is 32.3. The van der Waals surface area contributed by atoms with E-state index < -0.39 is 10.4 Å². The fraction of sp³-hybridized carbons (Fsp3) is 1.00. The van der Waals surface area contributed by atoms with Crippen molar-refractivity contribution in [3.63, 3.8) is 0 Å². The van der Waals surface area contributed by atoms with Crippen molar-refractivity contribution in [3.05, 3.63) is 0 Å². The van der Waals surface area contributed by atoms with Crippen molar-refractivity contribution in [2.45, 2.75) is 52.4 Å². The first kappa shape index (κ1) is 20.8. The molecule has 7 heteroatoms. The van der Waals surface area contributed by atoms with Crippen LogP contribution in [0.1, 0.15) is 52.4 Å². The van der Waals surface area contributed by atoms with Gasteiger partial charge in [-0.05, 0) is 25.7 Å². The maximum absolute atomic E-state index is 11.4. The Morgan fingerprint density at radius 2 is 1.00 bits per heavy atom. The van der Waals surface area contributed by atoms with Crippen LogP contribution in [0.25, 0.3) is 0 Å². The van der Waals surface area contributed by atoms with Crippen molar-refractivity contribution in [1.82, 2.24) is 0 Å². The van der Waals surface area contributed by atoms with Gasteiger partial charge in [-0.1, -0.05) is 26.7 Å². The van der Waals surface area contributed by atoms with Gasteiger partial charge < -0.3 is 9.47 Å². The number of ether oxygens (including phenoxy) is 2. The Labute approximate surface area is 129 Å². The summed E-state index contributed by atoms with van der Waals surface area (Å²) in [5.74, 6) is 0. The number of hydrogen-bond acceptors (Lipinski definition) is 6. The number of unbranched alkanes of at least 4 members (excludes halogenated alkanes) is 2. The molecule has 0 aliphatic heterocycles. The van der Waals surface area contributed by atoms with Crippen molar-refractivity contribution in [1.29, 1.82) is 0 Å². The van der Waals surface area contributed by atoms with Gasteiger partial charge in [-0.15, -0.1) is 0 Å². The Morgan fingerprint density at radius 1 is 0.619 bits per heavy atom. The molecular weight excluding hydrogens is 296 g/mol. The van der Waals surface area contributed by atoms with Crippen molar-refractivity contribution in [2.75, 3.05) is 39.6 Å². The van der Waals surface area contributed by atoms with Crippen LogP contribution in [0, 0.1) is 0 Å². The molecule has 0 heterocycles. The first-order valence-electron chi connectivity index (χ1n) is 7.81. The minimum Gasteiger partial charge on any atom is -0.381 e. The van der Waals surface area contributed by atoms with Crippen molar-refractivity contribution < 1.29 is 26.3 Å². The number of rotatable bonds is 16. The van der Waals surface area contributed by atoms with Gasteiger partial charge in [0, 0.05) is 26.4 Å². The molecule has 21 heavy (non-hydrogen) atoms. The van der Waals surface area contributed by atoms with Crippen LogP contribution in [0.4, 0.5) is 0 Å². The lowest BCUT2D eigenvalue weighted by molar-refractivity contribution is 0.106.